The first-order valence-electron chi connectivity index (χ1n) is 10.3. The molecule has 1 aliphatic carbocycles. The molecule has 162 valence electrons. The number of thioether (sulfide) groups is 1. The number of nitrogens with one attached hydrogen (secondary N) is 1. The Morgan fingerprint density at radius 2 is 2.07 bits per heavy atom. The second-order valence-electron chi connectivity index (χ2n) is 8.24. The van der Waals surface area contributed by atoms with Crippen LogP contribution in [0.2, 0.25) is 0 Å². The number of rotatable bonds is 7. The molecule has 1 heterocycles. The molecule has 9 heteroatoms. The maximum absolute atomic E-state index is 13.0. The third-order valence-electron chi connectivity index (χ3n) is 5.55. The molecule has 1 aromatic carbocycles. The predicted molar refractivity (Wildman–Crippen MR) is 115 cm³/mol. The van der Waals surface area contributed by atoms with E-state index in [1.807, 2.05) is 0 Å². The second-order valence-corrected chi connectivity index (χ2v) is 9.18. The number of benzene rings is 1. The fourth-order valence-electron chi connectivity index (χ4n) is 3.88. The third kappa shape index (κ3) is 5.59. The number of carbonyl (C=O) groups is 2. The van der Waals surface area contributed by atoms with Gasteiger partial charge in [-0.25, -0.2) is 9.48 Å². The van der Waals surface area contributed by atoms with E-state index in [4.69, 9.17) is 4.74 Å². The number of para-hydroxylation sites is 1. The molecule has 3 rings (SSSR count). The van der Waals surface area contributed by atoms with Gasteiger partial charge in [0.05, 0.1) is 17.0 Å². The van der Waals surface area contributed by atoms with Gasteiger partial charge in [0.1, 0.15) is 6.10 Å². The average Bonchev–Trinajstić information content (AvgIpc) is 3.11. The highest BCUT2D eigenvalue weighted by atomic mass is 32.2. The Hall–Kier alpha value is -2.42. The number of anilines is 1. The monoisotopic (exact) mass is 431 g/mol. The first kappa shape index (κ1) is 22.3. The molecular weight excluding hydrogens is 402 g/mol. The molecule has 1 N–H and O–H groups in total. The Morgan fingerprint density at radius 1 is 1.30 bits per heavy atom. The molecule has 2 aromatic rings. The summed E-state index contributed by atoms with van der Waals surface area (Å²) >= 11 is 1.23. The number of tetrazole rings is 1. The van der Waals surface area contributed by atoms with Crippen molar-refractivity contribution in [1.29, 1.82) is 0 Å². The van der Waals surface area contributed by atoms with Crippen molar-refractivity contribution >= 4 is 29.3 Å². The van der Waals surface area contributed by atoms with Crippen LogP contribution in [0.15, 0.2) is 29.4 Å². The number of hydrogen-bond donors (Lipinski definition) is 1. The molecule has 8 nitrogen and oxygen atoms in total. The highest BCUT2D eigenvalue weighted by Crippen LogP contribution is 2.36. The van der Waals surface area contributed by atoms with Crippen LogP contribution in [-0.2, 0) is 16.6 Å². The second kappa shape index (κ2) is 10.1. The van der Waals surface area contributed by atoms with Gasteiger partial charge in [-0.3, -0.25) is 4.79 Å². The molecule has 0 saturated heterocycles. The molecule has 1 amide bonds. The number of aromatic nitrogens is 4. The highest BCUT2D eigenvalue weighted by molar-refractivity contribution is 7.99. The number of carbonyl (C=O) groups excluding carboxylic acids is 2. The van der Waals surface area contributed by atoms with E-state index in [1.54, 1.807) is 31.3 Å². The van der Waals surface area contributed by atoms with Crippen molar-refractivity contribution in [1.82, 2.24) is 20.2 Å². The van der Waals surface area contributed by atoms with Crippen molar-refractivity contribution in [2.75, 3.05) is 11.1 Å². The van der Waals surface area contributed by atoms with Gasteiger partial charge in [0, 0.05) is 7.05 Å². The van der Waals surface area contributed by atoms with Crippen molar-refractivity contribution in [2.45, 2.75) is 51.3 Å². The van der Waals surface area contributed by atoms with E-state index >= 15 is 0 Å². The summed E-state index contributed by atoms with van der Waals surface area (Å²) in [4.78, 5) is 25.4. The first-order chi connectivity index (χ1) is 14.3. The van der Waals surface area contributed by atoms with Crippen LogP contribution < -0.4 is 5.32 Å². The summed E-state index contributed by atoms with van der Waals surface area (Å²) < 4.78 is 7.45. The minimum Gasteiger partial charge on any atom is -0.458 e. The normalized spacial score (nSPS) is 21.4. The van der Waals surface area contributed by atoms with Crippen molar-refractivity contribution in [3.05, 3.63) is 29.8 Å². The van der Waals surface area contributed by atoms with Crippen LogP contribution in [0, 0.1) is 17.8 Å². The maximum Gasteiger partial charge on any atom is 0.340 e. The SMILES string of the molecule is CC(C)[C@@H]1CC[C@H](C)C[C@H]1OC(=O)c1ccccc1NC(=O)CSc1nnnn1C. The predicted octanol–water partition coefficient (Wildman–Crippen LogP) is 3.56. The van der Waals surface area contributed by atoms with Gasteiger partial charge in [-0.05, 0) is 53.2 Å². The summed E-state index contributed by atoms with van der Waals surface area (Å²) in [6, 6.07) is 6.96. The Balaban J connectivity index is 1.65. The fourth-order valence-corrected chi connectivity index (χ4v) is 4.53. The van der Waals surface area contributed by atoms with E-state index in [1.165, 1.54) is 22.9 Å². The van der Waals surface area contributed by atoms with E-state index in [0.29, 0.717) is 34.2 Å². The van der Waals surface area contributed by atoms with Gasteiger partial charge >= 0.3 is 5.97 Å². The smallest absolute Gasteiger partial charge is 0.340 e. The Kier molecular flexibility index (Phi) is 7.47. The maximum atomic E-state index is 13.0. The summed E-state index contributed by atoms with van der Waals surface area (Å²) in [7, 11) is 1.71. The van der Waals surface area contributed by atoms with Crippen LogP contribution in [0.3, 0.4) is 0 Å². The Bertz CT molecular complexity index is 885. The number of nitrogens with zero attached hydrogens (tertiary/aromatic N) is 4. The minimum atomic E-state index is -0.388. The molecule has 1 aliphatic rings. The molecule has 0 bridgehead atoms. The van der Waals surface area contributed by atoms with Gasteiger partial charge in [0.2, 0.25) is 11.1 Å². The summed E-state index contributed by atoms with van der Waals surface area (Å²) in [6.45, 7) is 6.57. The van der Waals surface area contributed by atoms with E-state index in [2.05, 4.69) is 41.6 Å². The van der Waals surface area contributed by atoms with E-state index < -0.39 is 0 Å². The summed E-state index contributed by atoms with van der Waals surface area (Å²) in [5, 5.41) is 14.5. The summed E-state index contributed by atoms with van der Waals surface area (Å²) in [5.74, 6) is 0.864. The van der Waals surface area contributed by atoms with Gasteiger partial charge in [0.15, 0.2) is 0 Å². The molecule has 0 unspecified atom stereocenters. The van der Waals surface area contributed by atoms with Crippen LogP contribution in [0.5, 0.6) is 0 Å². The lowest BCUT2D eigenvalue weighted by Gasteiger charge is -2.36. The van der Waals surface area contributed by atoms with Crippen LogP contribution >= 0.6 is 11.8 Å². The van der Waals surface area contributed by atoms with Gasteiger partial charge in [-0.1, -0.05) is 51.1 Å². The largest absolute Gasteiger partial charge is 0.458 e. The molecule has 1 saturated carbocycles. The van der Waals surface area contributed by atoms with Crippen molar-refractivity contribution < 1.29 is 14.3 Å². The van der Waals surface area contributed by atoms with Crippen molar-refractivity contribution in [3.63, 3.8) is 0 Å². The quantitative estimate of drug-likeness (QED) is 0.528. The zero-order chi connectivity index (χ0) is 21.7. The van der Waals surface area contributed by atoms with Gasteiger partial charge in [-0.15, -0.1) is 5.10 Å². The lowest BCUT2D eigenvalue weighted by molar-refractivity contribution is -0.113. The molecule has 3 atom stereocenters. The molecule has 1 fully saturated rings. The van der Waals surface area contributed by atoms with Crippen molar-refractivity contribution in [2.24, 2.45) is 24.8 Å². The topological polar surface area (TPSA) is 99.0 Å². The van der Waals surface area contributed by atoms with E-state index in [0.717, 1.165) is 12.8 Å². The third-order valence-corrected chi connectivity index (χ3v) is 6.57. The average molecular weight is 432 g/mol. The Labute approximate surface area is 181 Å². The lowest BCUT2D eigenvalue weighted by Crippen LogP contribution is -2.36. The zero-order valence-corrected chi connectivity index (χ0v) is 18.7. The minimum absolute atomic E-state index is 0.0935. The van der Waals surface area contributed by atoms with Crippen LogP contribution in [0.1, 0.15) is 50.4 Å². The van der Waals surface area contributed by atoms with Crippen LogP contribution in [-0.4, -0.2) is 43.9 Å². The molecule has 1 aromatic heterocycles. The summed E-state index contributed by atoms with van der Waals surface area (Å²) in [5.41, 5.74) is 0.825. The number of aryl methyl sites for hydroxylation is 1. The van der Waals surface area contributed by atoms with E-state index in [9.17, 15) is 9.59 Å². The fraction of sp³-hybridized carbons (Fsp3) is 0.571. The van der Waals surface area contributed by atoms with Gasteiger partial charge in [-0.2, -0.15) is 0 Å². The van der Waals surface area contributed by atoms with Crippen LogP contribution in [0.4, 0.5) is 5.69 Å². The molecule has 0 aliphatic heterocycles. The molecule has 30 heavy (non-hydrogen) atoms. The first-order valence-corrected chi connectivity index (χ1v) is 11.3. The standard InChI is InChI=1S/C21H29N5O3S/c1-13(2)15-10-9-14(3)11-18(15)29-20(28)16-7-5-6-8-17(16)22-19(27)12-30-21-23-24-25-26(21)4/h5-8,13-15,18H,9-12H2,1-4H3,(H,22,27)/t14-,15-,18+/m0/s1. The number of hydrogen-bond acceptors (Lipinski definition) is 7. The van der Waals surface area contributed by atoms with E-state index in [-0.39, 0.29) is 23.7 Å². The van der Waals surface area contributed by atoms with Gasteiger partial charge < -0.3 is 10.1 Å². The number of amides is 1. The van der Waals surface area contributed by atoms with Crippen molar-refractivity contribution in [3.8, 4) is 0 Å². The zero-order valence-electron chi connectivity index (χ0n) is 17.9. The molecular formula is C21H29N5O3S. The molecule has 0 spiro atoms. The number of ether oxygens (including phenoxy) is 1. The van der Waals surface area contributed by atoms with Crippen LogP contribution in [0.25, 0.3) is 0 Å². The Morgan fingerprint density at radius 3 is 2.77 bits per heavy atom. The molecule has 0 radical (unpaired) electrons. The number of esters is 1. The van der Waals surface area contributed by atoms with Gasteiger partial charge in [0.25, 0.3) is 0 Å². The lowest BCUT2D eigenvalue weighted by atomic mass is 9.75. The highest BCUT2D eigenvalue weighted by Gasteiger charge is 2.34. The summed E-state index contributed by atoms with van der Waals surface area (Å²) in [6.07, 6.45) is 3.03.